The van der Waals surface area contributed by atoms with E-state index in [-0.39, 0.29) is 23.6 Å². The summed E-state index contributed by atoms with van der Waals surface area (Å²) in [6.45, 7) is 3.22. The van der Waals surface area contributed by atoms with Crippen LogP contribution in [-0.2, 0) is 27.8 Å². The Balaban J connectivity index is 1.30. The van der Waals surface area contributed by atoms with E-state index in [1.165, 1.54) is 17.4 Å². The van der Waals surface area contributed by atoms with Gasteiger partial charge < -0.3 is 15.4 Å². The number of imide groups is 1. The van der Waals surface area contributed by atoms with Crippen LogP contribution in [-0.4, -0.2) is 64.2 Å². The first-order valence-electron chi connectivity index (χ1n) is 13.4. The average molecular weight is 498 g/mol. The van der Waals surface area contributed by atoms with Gasteiger partial charge in [-0.25, -0.2) is 4.79 Å². The average Bonchev–Trinajstić information content (AvgIpc) is 3.11. The molecule has 0 bridgehead atoms. The third kappa shape index (κ3) is 4.88. The van der Waals surface area contributed by atoms with Crippen LogP contribution in [0.5, 0.6) is 0 Å². The van der Waals surface area contributed by atoms with Gasteiger partial charge in [-0.05, 0) is 68.6 Å². The molecule has 1 unspecified atom stereocenters. The number of nitrogens with one attached hydrogen (secondary N) is 1. The summed E-state index contributed by atoms with van der Waals surface area (Å²) >= 11 is 0. The van der Waals surface area contributed by atoms with Crippen molar-refractivity contribution in [2.75, 3.05) is 26.7 Å². The molecule has 2 amide bonds. The number of nitrogens with zero attached hydrogens (tertiary/aromatic N) is 3. The number of aromatic nitrogens is 2. The SMILES string of the molecule is COC1(Cc2ccc3c(c2)n(C)c(=O)n3C2CCC(=O)NC2=O)CCN(CC2CCC(N)CC2)CC1. The maximum absolute atomic E-state index is 13.1. The molecule has 0 spiro atoms. The highest BCUT2D eigenvalue weighted by atomic mass is 16.5. The monoisotopic (exact) mass is 497 g/mol. The first-order valence-corrected chi connectivity index (χ1v) is 13.4. The van der Waals surface area contributed by atoms with E-state index in [0.717, 1.165) is 68.7 Å². The van der Waals surface area contributed by atoms with Crippen molar-refractivity contribution in [1.82, 2.24) is 19.4 Å². The van der Waals surface area contributed by atoms with Gasteiger partial charge >= 0.3 is 5.69 Å². The quantitative estimate of drug-likeness (QED) is 0.590. The van der Waals surface area contributed by atoms with Crippen LogP contribution in [0.2, 0.25) is 0 Å². The molecule has 196 valence electrons. The van der Waals surface area contributed by atoms with Gasteiger partial charge in [-0.15, -0.1) is 0 Å². The van der Waals surface area contributed by atoms with E-state index >= 15 is 0 Å². The summed E-state index contributed by atoms with van der Waals surface area (Å²) in [6.07, 6.45) is 8.08. The molecule has 1 atom stereocenters. The molecule has 9 nitrogen and oxygen atoms in total. The van der Waals surface area contributed by atoms with Gasteiger partial charge in [-0.1, -0.05) is 6.07 Å². The van der Waals surface area contributed by atoms with Crippen LogP contribution in [0.1, 0.15) is 63.0 Å². The maximum Gasteiger partial charge on any atom is 0.329 e. The number of benzene rings is 1. The molecule has 2 aromatic rings. The first-order chi connectivity index (χ1) is 17.3. The molecule has 36 heavy (non-hydrogen) atoms. The normalized spacial score (nSPS) is 27.4. The number of aryl methyl sites for hydroxylation is 1. The predicted molar refractivity (Wildman–Crippen MR) is 138 cm³/mol. The van der Waals surface area contributed by atoms with Gasteiger partial charge in [0, 0.05) is 52.7 Å². The Hall–Kier alpha value is -2.49. The van der Waals surface area contributed by atoms with E-state index in [0.29, 0.717) is 18.0 Å². The van der Waals surface area contributed by atoms with Crippen LogP contribution >= 0.6 is 0 Å². The zero-order valence-electron chi connectivity index (χ0n) is 21.5. The molecule has 3 N–H and O–H groups in total. The second-order valence-electron chi connectivity index (χ2n) is 11.1. The molecule has 1 aromatic carbocycles. The number of methoxy groups -OCH3 is 1. The Bertz CT molecular complexity index is 1180. The van der Waals surface area contributed by atoms with Crippen LogP contribution < -0.4 is 16.7 Å². The van der Waals surface area contributed by atoms with Gasteiger partial charge in [-0.2, -0.15) is 0 Å². The highest BCUT2D eigenvalue weighted by Crippen LogP contribution is 2.33. The molecule has 3 heterocycles. The van der Waals surface area contributed by atoms with Crippen molar-refractivity contribution >= 4 is 22.8 Å². The van der Waals surface area contributed by atoms with E-state index in [4.69, 9.17) is 10.5 Å². The van der Waals surface area contributed by atoms with Crippen molar-refractivity contribution in [2.45, 2.75) is 75.5 Å². The minimum atomic E-state index is -0.667. The Morgan fingerprint density at radius 3 is 2.44 bits per heavy atom. The lowest BCUT2D eigenvalue weighted by atomic mass is 9.83. The second-order valence-corrected chi connectivity index (χ2v) is 11.1. The van der Waals surface area contributed by atoms with Gasteiger partial charge in [0.2, 0.25) is 11.8 Å². The predicted octanol–water partition coefficient (Wildman–Crippen LogP) is 1.86. The largest absolute Gasteiger partial charge is 0.378 e. The smallest absolute Gasteiger partial charge is 0.329 e. The molecule has 9 heteroatoms. The van der Waals surface area contributed by atoms with Gasteiger partial charge in [0.1, 0.15) is 6.04 Å². The zero-order chi connectivity index (χ0) is 25.4. The van der Waals surface area contributed by atoms with Crippen molar-refractivity contribution in [3.8, 4) is 0 Å². The van der Waals surface area contributed by atoms with Crippen molar-refractivity contribution in [3.63, 3.8) is 0 Å². The molecule has 1 aromatic heterocycles. The summed E-state index contributed by atoms with van der Waals surface area (Å²) in [7, 11) is 3.55. The first kappa shape index (κ1) is 25.2. The number of piperidine rings is 2. The molecule has 0 radical (unpaired) electrons. The van der Waals surface area contributed by atoms with Crippen LogP contribution in [0.25, 0.3) is 11.0 Å². The molecule has 5 rings (SSSR count). The fourth-order valence-corrected chi connectivity index (χ4v) is 6.45. The highest BCUT2D eigenvalue weighted by molar-refractivity contribution is 6.00. The zero-order valence-corrected chi connectivity index (χ0v) is 21.5. The molecule has 3 fully saturated rings. The number of imidazole rings is 1. The number of fused-ring (bicyclic) bond motifs is 1. The fraction of sp³-hybridized carbons (Fsp3) is 0.667. The summed E-state index contributed by atoms with van der Waals surface area (Å²) in [4.78, 5) is 39.7. The fourth-order valence-electron chi connectivity index (χ4n) is 6.45. The summed E-state index contributed by atoms with van der Waals surface area (Å²) in [5.74, 6) is 0.0636. The minimum Gasteiger partial charge on any atom is -0.378 e. The Labute approximate surface area is 211 Å². The van der Waals surface area contributed by atoms with Crippen LogP contribution in [0.15, 0.2) is 23.0 Å². The van der Waals surface area contributed by atoms with E-state index in [1.54, 1.807) is 11.6 Å². The third-order valence-electron chi connectivity index (χ3n) is 8.81. The third-order valence-corrected chi connectivity index (χ3v) is 8.81. The highest BCUT2D eigenvalue weighted by Gasteiger charge is 2.36. The summed E-state index contributed by atoms with van der Waals surface area (Å²) < 4.78 is 9.25. The van der Waals surface area contributed by atoms with E-state index in [2.05, 4.69) is 16.3 Å². The topological polar surface area (TPSA) is 112 Å². The summed E-state index contributed by atoms with van der Waals surface area (Å²) in [5.41, 5.74) is 8.25. The van der Waals surface area contributed by atoms with Gasteiger partial charge in [0.25, 0.3) is 0 Å². The number of ether oxygens (including phenoxy) is 1. The van der Waals surface area contributed by atoms with Crippen LogP contribution in [0.3, 0.4) is 0 Å². The van der Waals surface area contributed by atoms with E-state index in [1.807, 2.05) is 19.2 Å². The van der Waals surface area contributed by atoms with Gasteiger partial charge in [0.15, 0.2) is 0 Å². The number of likely N-dealkylation sites (tertiary alicyclic amines) is 1. The molecular weight excluding hydrogens is 458 g/mol. The second kappa shape index (κ2) is 10.1. The molecule has 2 aliphatic heterocycles. The standard InChI is InChI=1S/C27H39N5O4/c1-30-23-15-19(5-8-21(23)32(26(30)35)22-9-10-24(33)29-25(22)34)16-27(36-2)11-13-31(14-12-27)17-18-3-6-20(28)7-4-18/h5,8,15,18,20,22H,3-4,6-7,9-14,16-17,28H2,1-2H3,(H,29,33,34). The Morgan fingerprint density at radius 1 is 1.06 bits per heavy atom. The van der Waals surface area contributed by atoms with Crippen LogP contribution in [0, 0.1) is 5.92 Å². The number of rotatable bonds is 6. The van der Waals surface area contributed by atoms with E-state index in [9.17, 15) is 14.4 Å². The Kier molecular flexibility index (Phi) is 7.07. The lowest BCUT2D eigenvalue weighted by Gasteiger charge is -2.42. The minimum absolute atomic E-state index is 0.218. The maximum atomic E-state index is 13.1. The molecule has 1 aliphatic carbocycles. The van der Waals surface area contributed by atoms with Gasteiger partial charge in [-0.3, -0.25) is 24.0 Å². The van der Waals surface area contributed by atoms with E-state index < -0.39 is 11.9 Å². The molecule has 1 saturated carbocycles. The van der Waals surface area contributed by atoms with Crippen molar-refractivity contribution in [3.05, 3.63) is 34.2 Å². The number of hydrogen-bond acceptors (Lipinski definition) is 6. The molecular formula is C27H39N5O4. The Morgan fingerprint density at radius 2 is 1.78 bits per heavy atom. The lowest BCUT2D eigenvalue weighted by molar-refractivity contribution is -0.135. The molecule has 3 aliphatic rings. The summed E-state index contributed by atoms with van der Waals surface area (Å²) in [5, 5.41) is 2.37. The van der Waals surface area contributed by atoms with Crippen molar-refractivity contribution in [2.24, 2.45) is 18.7 Å². The number of hydrogen-bond donors (Lipinski definition) is 2. The number of nitrogens with two attached hydrogens (primary N) is 1. The molecule has 2 saturated heterocycles. The number of amides is 2. The van der Waals surface area contributed by atoms with Crippen molar-refractivity contribution < 1.29 is 14.3 Å². The number of carbonyl (C=O) groups excluding carboxylic acids is 2. The van der Waals surface area contributed by atoms with Crippen LogP contribution in [0.4, 0.5) is 0 Å². The number of carbonyl (C=O) groups is 2. The van der Waals surface area contributed by atoms with Gasteiger partial charge in [0.05, 0.1) is 16.6 Å². The van der Waals surface area contributed by atoms with Crippen molar-refractivity contribution in [1.29, 1.82) is 0 Å². The summed E-state index contributed by atoms with van der Waals surface area (Å²) in [6, 6.07) is 5.75. The lowest BCUT2D eigenvalue weighted by Crippen LogP contribution is -2.48.